The van der Waals surface area contributed by atoms with Gasteiger partial charge in [0.05, 0.1) is 0 Å². The Labute approximate surface area is 322 Å². The molecule has 5 nitrogen and oxygen atoms in total. The van der Waals surface area contributed by atoms with Crippen LogP contribution in [-0.2, 0) is 0 Å². The van der Waals surface area contributed by atoms with E-state index in [1.54, 1.807) is 0 Å². The summed E-state index contributed by atoms with van der Waals surface area (Å²) >= 11 is 0. The molecule has 0 N–H and O–H groups in total. The fraction of sp³-hybridized carbons (Fsp3) is 0. The summed E-state index contributed by atoms with van der Waals surface area (Å²) in [6.07, 6.45) is 0. The summed E-state index contributed by atoms with van der Waals surface area (Å²) in [5.74, 6) is 1.81. The average Bonchev–Trinajstić information content (AvgIpc) is 3.86. The number of furan rings is 2. The van der Waals surface area contributed by atoms with Gasteiger partial charge in [0.25, 0.3) is 0 Å². The normalized spacial score (nSPS) is 11.6. The average molecular weight is 718 g/mol. The van der Waals surface area contributed by atoms with Crippen LogP contribution in [0.3, 0.4) is 0 Å². The van der Waals surface area contributed by atoms with E-state index in [0.29, 0.717) is 17.5 Å². The molecule has 0 amide bonds. The van der Waals surface area contributed by atoms with Crippen LogP contribution < -0.4 is 0 Å². The van der Waals surface area contributed by atoms with E-state index in [-0.39, 0.29) is 0 Å². The lowest BCUT2D eigenvalue weighted by molar-refractivity contribution is 0.665. The lowest BCUT2D eigenvalue weighted by atomic mass is 9.92. The predicted molar refractivity (Wildman–Crippen MR) is 227 cm³/mol. The largest absolute Gasteiger partial charge is 0.455 e. The summed E-state index contributed by atoms with van der Waals surface area (Å²) < 4.78 is 13.6. The maximum Gasteiger partial charge on any atom is 0.164 e. The van der Waals surface area contributed by atoms with Gasteiger partial charge in [-0.3, -0.25) is 0 Å². The molecule has 0 aliphatic heterocycles. The van der Waals surface area contributed by atoms with Crippen LogP contribution in [0.4, 0.5) is 0 Å². The van der Waals surface area contributed by atoms with Crippen molar-refractivity contribution in [2.75, 3.05) is 0 Å². The van der Waals surface area contributed by atoms with E-state index >= 15 is 0 Å². The molecule has 0 atom stereocenters. The Kier molecular flexibility index (Phi) is 7.42. The molecule has 11 aromatic rings. The summed E-state index contributed by atoms with van der Waals surface area (Å²) in [5.41, 5.74) is 12.4. The van der Waals surface area contributed by atoms with Gasteiger partial charge >= 0.3 is 0 Å². The van der Waals surface area contributed by atoms with E-state index < -0.39 is 0 Å². The minimum absolute atomic E-state index is 0.582. The molecule has 56 heavy (non-hydrogen) atoms. The maximum atomic E-state index is 6.82. The second-order valence-electron chi connectivity index (χ2n) is 13.9. The van der Waals surface area contributed by atoms with Crippen molar-refractivity contribution in [3.63, 3.8) is 0 Å². The number of benzene rings is 8. The van der Waals surface area contributed by atoms with Gasteiger partial charge in [0.15, 0.2) is 17.5 Å². The van der Waals surface area contributed by atoms with E-state index in [4.69, 9.17) is 23.8 Å². The molecule has 0 fully saturated rings. The molecule has 0 spiro atoms. The highest BCUT2D eigenvalue weighted by Gasteiger charge is 2.23. The molecule has 0 aliphatic carbocycles. The van der Waals surface area contributed by atoms with Crippen molar-refractivity contribution in [2.45, 2.75) is 0 Å². The van der Waals surface area contributed by atoms with Crippen LogP contribution in [0, 0.1) is 0 Å². The fourth-order valence-corrected chi connectivity index (χ4v) is 7.95. The van der Waals surface area contributed by atoms with E-state index in [9.17, 15) is 0 Å². The van der Waals surface area contributed by atoms with Gasteiger partial charge < -0.3 is 8.83 Å². The SMILES string of the molecule is c1ccc(-c2cccc(-c3ccc(-c4cccc5c4oc4cccc(-c6nc(-c7ccccc7)nc(-c7ccccc7)n6)c45)c4oc5ccccc5c34)c2)cc1. The molecule has 0 saturated carbocycles. The van der Waals surface area contributed by atoms with E-state index in [1.165, 1.54) is 11.1 Å². The zero-order valence-corrected chi connectivity index (χ0v) is 30.1. The maximum absolute atomic E-state index is 6.82. The first-order chi connectivity index (χ1) is 27.8. The van der Waals surface area contributed by atoms with Crippen LogP contribution in [0.2, 0.25) is 0 Å². The van der Waals surface area contributed by atoms with Crippen LogP contribution in [0.25, 0.3) is 111 Å². The molecule has 0 unspecified atom stereocenters. The Bertz CT molecular complexity index is 3180. The standard InChI is InChI=1S/C51H31N3O2/c1-4-15-32(16-5-1)35-21-12-22-36(31-35)37-29-30-39(48-46(37)40-23-10-11-27-43(40)55-48)38-24-13-25-41-45-42(26-14-28-44(45)56-47(38)41)51-53-49(33-17-6-2-7-18-33)52-50(54-51)34-19-8-3-9-20-34/h1-31H. The highest BCUT2D eigenvalue weighted by atomic mass is 16.3. The van der Waals surface area contributed by atoms with Crippen molar-refractivity contribution < 1.29 is 8.83 Å². The van der Waals surface area contributed by atoms with Crippen molar-refractivity contribution in [1.29, 1.82) is 0 Å². The molecule has 3 heterocycles. The van der Waals surface area contributed by atoms with Crippen LogP contribution in [-0.4, -0.2) is 15.0 Å². The van der Waals surface area contributed by atoms with Crippen molar-refractivity contribution in [2.24, 2.45) is 0 Å². The Morgan fingerprint density at radius 1 is 0.286 bits per heavy atom. The molecule has 0 saturated heterocycles. The highest BCUT2D eigenvalue weighted by molar-refractivity contribution is 6.20. The summed E-state index contributed by atoms with van der Waals surface area (Å²) in [5, 5.41) is 4.06. The van der Waals surface area contributed by atoms with Crippen molar-refractivity contribution in [3.05, 3.63) is 188 Å². The third-order valence-electron chi connectivity index (χ3n) is 10.6. The second kappa shape index (κ2) is 13.0. The minimum atomic E-state index is 0.582. The van der Waals surface area contributed by atoms with Gasteiger partial charge in [-0.05, 0) is 46.5 Å². The second-order valence-corrected chi connectivity index (χ2v) is 13.9. The van der Waals surface area contributed by atoms with Crippen LogP contribution in [0.5, 0.6) is 0 Å². The van der Waals surface area contributed by atoms with E-state index in [1.807, 2.05) is 91.0 Å². The number of fused-ring (bicyclic) bond motifs is 6. The van der Waals surface area contributed by atoms with Gasteiger partial charge in [-0.2, -0.15) is 0 Å². The van der Waals surface area contributed by atoms with Crippen LogP contribution in [0.1, 0.15) is 0 Å². The number of hydrogen-bond donors (Lipinski definition) is 0. The monoisotopic (exact) mass is 717 g/mol. The number of aromatic nitrogens is 3. The predicted octanol–water partition coefficient (Wildman–Crippen LogP) is 13.7. The fourth-order valence-electron chi connectivity index (χ4n) is 7.95. The molecule has 3 aromatic heterocycles. The third kappa shape index (κ3) is 5.29. The van der Waals surface area contributed by atoms with Crippen LogP contribution in [0.15, 0.2) is 197 Å². The molecular formula is C51H31N3O2. The minimum Gasteiger partial charge on any atom is -0.455 e. The van der Waals surface area contributed by atoms with Crippen molar-refractivity contribution >= 4 is 43.9 Å². The topological polar surface area (TPSA) is 65.0 Å². The lowest BCUT2D eigenvalue weighted by Crippen LogP contribution is -2.00. The van der Waals surface area contributed by atoms with Gasteiger partial charge in [-0.1, -0.05) is 164 Å². The van der Waals surface area contributed by atoms with Gasteiger partial charge in [-0.25, -0.2) is 15.0 Å². The Hall–Kier alpha value is -7.63. The van der Waals surface area contributed by atoms with Crippen molar-refractivity contribution in [1.82, 2.24) is 15.0 Å². The third-order valence-corrected chi connectivity index (χ3v) is 10.6. The molecule has 0 radical (unpaired) electrons. The summed E-state index contributed by atoms with van der Waals surface area (Å²) in [7, 11) is 0. The zero-order chi connectivity index (χ0) is 37.0. The first kappa shape index (κ1) is 31.9. The zero-order valence-electron chi connectivity index (χ0n) is 30.1. The summed E-state index contributed by atoms with van der Waals surface area (Å²) in [6.45, 7) is 0. The molecule has 262 valence electrons. The number of rotatable bonds is 6. The highest BCUT2D eigenvalue weighted by Crippen LogP contribution is 2.46. The van der Waals surface area contributed by atoms with Crippen LogP contribution >= 0.6 is 0 Å². The number of nitrogens with zero attached hydrogens (tertiary/aromatic N) is 3. The summed E-state index contributed by atoms with van der Waals surface area (Å²) in [4.78, 5) is 15.1. The molecule has 11 rings (SSSR count). The van der Waals surface area contributed by atoms with Gasteiger partial charge in [0.1, 0.15) is 22.3 Å². The van der Waals surface area contributed by atoms with Crippen molar-refractivity contribution in [3.8, 4) is 67.5 Å². The Morgan fingerprint density at radius 2 is 0.786 bits per heavy atom. The van der Waals surface area contributed by atoms with E-state index in [0.717, 1.165) is 82.8 Å². The smallest absolute Gasteiger partial charge is 0.164 e. The first-order valence-corrected chi connectivity index (χ1v) is 18.7. The van der Waals surface area contributed by atoms with Gasteiger partial charge in [0.2, 0.25) is 0 Å². The quantitative estimate of drug-likeness (QED) is 0.171. The molecular weight excluding hydrogens is 687 g/mol. The van der Waals surface area contributed by atoms with E-state index in [2.05, 4.69) is 97.1 Å². The molecule has 8 aromatic carbocycles. The van der Waals surface area contributed by atoms with Gasteiger partial charge in [0, 0.05) is 49.4 Å². The number of para-hydroxylation sites is 2. The number of hydrogen-bond acceptors (Lipinski definition) is 5. The van der Waals surface area contributed by atoms with Gasteiger partial charge in [-0.15, -0.1) is 0 Å². The molecule has 0 bridgehead atoms. The Balaban J connectivity index is 1.12. The molecule has 5 heteroatoms. The molecule has 0 aliphatic rings. The lowest BCUT2D eigenvalue weighted by Gasteiger charge is -2.11. The summed E-state index contributed by atoms with van der Waals surface area (Å²) in [6, 6.07) is 64.4. The Morgan fingerprint density at radius 3 is 1.54 bits per heavy atom. The first-order valence-electron chi connectivity index (χ1n) is 18.7.